The highest BCUT2D eigenvalue weighted by atomic mass is 16.2. The fraction of sp³-hybridized carbons (Fsp3) is 0.909. The summed E-state index contributed by atoms with van der Waals surface area (Å²) in [5, 5.41) is 0. The molecule has 2 N–H and O–H groups in total. The Hall–Kier alpha value is -0.570. The molecule has 2 bridgehead atoms. The first-order valence-corrected chi connectivity index (χ1v) is 5.72. The SMILES string of the molecule is CC(N)CCC(=O)N1CC2CCC1C2. The summed E-state index contributed by atoms with van der Waals surface area (Å²) in [5.41, 5.74) is 5.64. The van der Waals surface area contributed by atoms with Crippen molar-refractivity contribution in [3.63, 3.8) is 0 Å². The van der Waals surface area contributed by atoms with Crippen LogP contribution in [0.15, 0.2) is 0 Å². The number of likely N-dealkylation sites (tertiary alicyclic amines) is 1. The lowest BCUT2D eigenvalue weighted by Gasteiger charge is -2.27. The standard InChI is InChI=1S/C11H20N2O/c1-8(12)2-5-11(14)13-7-9-3-4-10(13)6-9/h8-10H,2-7,12H2,1H3. The Bertz CT molecular complexity index is 227. The average Bonchev–Trinajstić information content (AvgIpc) is 2.74. The largest absolute Gasteiger partial charge is 0.339 e. The van der Waals surface area contributed by atoms with Crippen LogP contribution in [-0.4, -0.2) is 29.4 Å². The zero-order valence-electron chi connectivity index (χ0n) is 8.91. The maximum atomic E-state index is 11.8. The van der Waals surface area contributed by atoms with E-state index >= 15 is 0 Å². The van der Waals surface area contributed by atoms with E-state index in [0.29, 0.717) is 18.4 Å². The molecule has 1 saturated carbocycles. The molecule has 1 saturated heterocycles. The molecule has 0 radical (unpaired) electrons. The fourth-order valence-electron chi connectivity index (χ4n) is 2.72. The van der Waals surface area contributed by atoms with Crippen molar-refractivity contribution in [2.45, 2.75) is 51.1 Å². The molecule has 14 heavy (non-hydrogen) atoms. The second-order valence-corrected chi connectivity index (χ2v) is 4.89. The van der Waals surface area contributed by atoms with Crippen molar-refractivity contribution in [2.24, 2.45) is 11.7 Å². The lowest BCUT2D eigenvalue weighted by molar-refractivity contribution is -0.133. The highest BCUT2D eigenvalue weighted by Crippen LogP contribution is 2.37. The molecule has 1 amide bonds. The average molecular weight is 196 g/mol. The number of carbonyl (C=O) groups is 1. The summed E-state index contributed by atoms with van der Waals surface area (Å²) < 4.78 is 0. The van der Waals surface area contributed by atoms with Gasteiger partial charge in [-0.15, -0.1) is 0 Å². The van der Waals surface area contributed by atoms with Crippen molar-refractivity contribution in [1.29, 1.82) is 0 Å². The van der Waals surface area contributed by atoms with Gasteiger partial charge in [0, 0.05) is 25.0 Å². The topological polar surface area (TPSA) is 46.3 Å². The second kappa shape index (κ2) is 3.89. The third-order valence-corrected chi connectivity index (χ3v) is 3.54. The van der Waals surface area contributed by atoms with Gasteiger partial charge in [0.05, 0.1) is 0 Å². The van der Waals surface area contributed by atoms with Gasteiger partial charge in [-0.05, 0) is 38.5 Å². The summed E-state index contributed by atoms with van der Waals surface area (Å²) in [6, 6.07) is 0.722. The van der Waals surface area contributed by atoms with Gasteiger partial charge in [-0.1, -0.05) is 0 Å². The molecule has 3 atom stereocenters. The number of carbonyl (C=O) groups excluding carboxylic acids is 1. The maximum absolute atomic E-state index is 11.8. The van der Waals surface area contributed by atoms with Crippen LogP contribution in [0.3, 0.4) is 0 Å². The highest BCUT2D eigenvalue weighted by Gasteiger charge is 2.39. The summed E-state index contributed by atoms with van der Waals surface area (Å²) >= 11 is 0. The van der Waals surface area contributed by atoms with E-state index in [4.69, 9.17) is 5.73 Å². The first-order chi connectivity index (χ1) is 6.66. The van der Waals surface area contributed by atoms with Crippen molar-refractivity contribution in [1.82, 2.24) is 4.90 Å². The van der Waals surface area contributed by atoms with E-state index in [1.54, 1.807) is 0 Å². The molecule has 0 aromatic heterocycles. The van der Waals surface area contributed by atoms with Crippen LogP contribution in [0, 0.1) is 5.92 Å². The number of fused-ring (bicyclic) bond motifs is 2. The van der Waals surface area contributed by atoms with E-state index in [2.05, 4.69) is 4.90 Å². The molecule has 0 aromatic carbocycles. The van der Waals surface area contributed by atoms with Gasteiger partial charge in [0.1, 0.15) is 0 Å². The van der Waals surface area contributed by atoms with Crippen molar-refractivity contribution < 1.29 is 4.79 Å². The van der Waals surface area contributed by atoms with Gasteiger partial charge < -0.3 is 10.6 Å². The molecule has 80 valence electrons. The van der Waals surface area contributed by atoms with Crippen LogP contribution in [0.5, 0.6) is 0 Å². The van der Waals surface area contributed by atoms with Crippen molar-refractivity contribution in [3.05, 3.63) is 0 Å². The number of nitrogens with two attached hydrogens (primary N) is 1. The lowest BCUT2D eigenvalue weighted by Crippen LogP contribution is -2.38. The molecule has 1 aliphatic carbocycles. The third kappa shape index (κ3) is 1.92. The first-order valence-electron chi connectivity index (χ1n) is 5.72. The molecule has 3 heteroatoms. The van der Waals surface area contributed by atoms with Crippen LogP contribution in [0.25, 0.3) is 0 Å². The van der Waals surface area contributed by atoms with Gasteiger partial charge in [-0.3, -0.25) is 4.79 Å². The quantitative estimate of drug-likeness (QED) is 0.735. The summed E-state index contributed by atoms with van der Waals surface area (Å²) in [5.74, 6) is 1.13. The molecule has 0 spiro atoms. The van der Waals surface area contributed by atoms with E-state index in [-0.39, 0.29) is 6.04 Å². The summed E-state index contributed by atoms with van der Waals surface area (Å²) in [7, 11) is 0. The minimum absolute atomic E-state index is 0.152. The van der Waals surface area contributed by atoms with Crippen molar-refractivity contribution in [3.8, 4) is 0 Å². The monoisotopic (exact) mass is 196 g/mol. The van der Waals surface area contributed by atoms with Gasteiger partial charge >= 0.3 is 0 Å². The molecule has 3 unspecified atom stereocenters. The minimum Gasteiger partial charge on any atom is -0.339 e. The number of rotatable bonds is 3. The summed E-state index contributed by atoms with van der Waals surface area (Å²) in [6.45, 7) is 2.98. The Morgan fingerprint density at radius 1 is 1.57 bits per heavy atom. The second-order valence-electron chi connectivity index (χ2n) is 4.89. The Morgan fingerprint density at radius 3 is 2.86 bits per heavy atom. The number of piperidine rings is 1. The molecule has 2 fully saturated rings. The van der Waals surface area contributed by atoms with Crippen LogP contribution in [-0.2, 0) is 4.79 Å². The number of hydrogen-bond acceptors (Lipinski definition) is 2. The van der Waals surface area contributed by atoms with E-state index in [9.17, 15) is 4.79 Å². The molecule has 1 heterocycles. The van der Waals surface area contributed by atoms with E-state index in [0.717, 1.165) is 18.9 Å². The predicted octanol–water partition coefficient (Wildman–Crippen LogP) is 1.12. The van der Waals surface area contributed by atoms with Gasteiger partial charge in [0.25, 0.3) is 0 Å². The molecular formula is C11H20N2O. The Kier molecular flexibility index (Phi) is 2.77. The number of nitrogens with zero attached hydrogens (tertiary/aromatic N) is 1. The number of amides is 1. The fourth-order valence-corrected chi connectivity index (χ4v) is 2.72. The normalized spacial score (nSPS) is 32.3. The van der Waals surface area contributed by atoms with E-state index in [1.165, 1.54) is 19.3 Å². The molecule has 1 aliphatic heterocycles. The van der Waals surface area contributed by atoms with Crippen molar-refractivity contribution in [2.75, 3.05) is 6.54 Å². The van der Waals surface area contributed by atoms with Gasteiger partial charge in [-0.25, -0.2) is 0 Å². The highest BCUT2D eigenvalue weighted by molar-refractivity contribution is 5.77. The van der Waals surface area contributed by atoms with Crippen LogP contribution in [0.1, 0.15) is 39.0 Å². The molecule has 2 aliphatic rings. The van der Waals surface area contributed by atoms with Crippen LogP contribution in [0.2, 0.25) is 0 Å². The van der Waals surface area contributed by atoms with Crippen LogP contribution >= 0.6 is 0 Å². The minimum atomic E-state index is 0.152. The van der Waals surface area contributed by atoms with Crippen LogP contribution in [0.4, 0.5) is 0 Å². The summed E-state index contributed by atoms with van der Waals surface area (Å²) in [4.78, 5) is 13.9. The Balaban J connectivity index is 1.81. The van der Waals surface area contributed by atoms with Crippen LogP contribution < -0.4 is 5.73 Å². The lowest BCUT2D eigenvalue weighted by atomic mass is 10.1. The molecular weight excluding hydrogens is 176 g/mol. The third-order valence-electron chi connectivity index (χ3n) is 3.54. The Morgan fingerprint density at radius 2 is 2.36 bits per heavy atom. The number of hydrogen-bond donors (Lipinski definition) is 1. The Labute approximate surface area is 85.6 Å². The molecule has 0 aromatic rings. The van der Waals surface area contributed by atoms with E-state index < -0.39 is 0 Å². The van der Waals surface area contributed by atoms with Crippen molar-refractivity contribution >= 4 is 5.91 Å². The van der Waals surface area contributed by atoms with Gasteiger partial charge in [0.2, 0.25) is 5.91 Å². The van der Waals surface area contributed by atoms with Gasteiger partial charge in [0.15, 0.2) is 0 Å². The van der Waals surface area contributed by atoms with E-state index in [1.807, 2.05) is 6.92 Å². The summed E-state index contributed by atoms with van der Waals surface area (Å²) in [6.07, 6.45) is 5.29. The first kappa shape index (κ1) is 9.97. The molecule has 3 nitrogen and oxygen atoms in total. The predicted molar refractivity (Wildman–Crippen MR) is 55.7 cm³/mol. The van der Waals surface area contributed by atoms with Gasteiger partial charge in [-0.2, -0.15) is 0 Å². The molecule has 2 rings (SSSR count). The zero-order valence-corrected chi connectivity index (χ0v) is 8.91. The smallest absolute Gasteiger partial charge is 0.222 e. The maximum Gasteiger partial charge on any atom is 0.222 e. The zero-order chi connectivity index (χ0) is 10.1.